The first-order valence-electron chi connectivity index (χ1n) is 6.70. The first-order chi connectivity index (χ1) is 11.7. The van der Waals surface area contributed by atoms with E-state index in [1.807, 2.05) is 11.4 Å². The highest BCUT2D eigenvalue weighted by molar-refractivity contribution is 6.44. The average molecular weight is 368 g/mol. The van der Waals surface area contributed by atoms with E-state index < -0.39 is 23.6 Å². The van der Waals surface area contributed by atoms with Gasteiger partial charge in [-0.05, 0) is 42.5 Å². The SMILES string of the molecule is N#Cc1ccc(NC(=O)C(=O)Nc2cc(C(F)(F)F)ccc2Cl)cc1. The van der Waals surface area contributed by atoms with Crippen molar-refractivity contribution in [2.24, 2.45) is 0 Å². The maximum absolute atomic E-state index is 12.7. The number of rotatable bonds is 2. The molecular formula is C16H9ClF3N3O2. The Bertz CT molecular complexity index is 858. The molecule has 2 aromatic carbocycles. The fourth-order valence-electron chi connectivity index (χ4n) is 1.79. The summed E-state index contributed by atoms with van der Waals surface area (Å²) in [6.07, 6.45) is -4.62. The molecule has 128 valence electrons. The third-order valence-corrected chi connectivity index (χ3v) is 3.35. The highest BCUT2D eigenvalue weighted by Gasteiger charge is 2.31. The quantitative estimate of drug-likeness (QED) is 0.792. The second kappa shape index (κ2) is 7.23. The molecule has 0 saturated heterocycles. The van der Waals surface area contributed by atoms with Crippen LogP contribution in [0.25, 0.3) is 0 Å². The van der Waals surface area contributed by atoms with Crippen LogP contribution < -0.4 is 10.6 Å². The number of hydrogen-bond acceptors (Lipinski definition) is 3. The molecule has 0 radical (unpaired) electrons. The molecule has 0 aliphatic rings. The summed E-state index contributed by atoms with van der Waals surface area (Å²) in [5, 5.41) is 12.8. The van der Waals surface area contributed by atoms with E-state index in [1.165, 1.54) is 24.3 Å². The minimum absolute atomic E-state index is 0.146. The topological polar surface area (TPSA) is 82.0 Å². The Labute approximate surface area is 145 Å². The molecule has 0 aliphatic heterocycles. The number of carbonyl (C=O) groups excluding carboxylic acids is 2. The lowest BCUT2D eigenvalue weighted by molar-refractivity contribution is -0.137. The summed E-state index contributed by atoms with van der Waals surface area (Å²) in [7, 11) is 0. The van der Waals surface area contributed by atoms with E-state index in [2.05, 4.69) is 5.32 Å². The molecule has 0 aromatic heterocycles. The number of anilines is 2. The van der Waals surface area contributed by atoms with Crippen molar-refractivity contribution in [3.63, 3.8) is 0 Å². The highest BCUT2D eigenvalue weighted by Crippen LogP contribution is 2.33. The Morgan fingerprint density at radius 2 is 1.60 bits per heavy atom. The summed E-state index contributed by atoms with van der Waals surface area (Å²) in [6, 6.07) is 9.91. The van der Waals surface area contributed by atoms with Crippen molar-refractivity contribution >= 4 is 34.8 Å². The van der Waals surface area contributed by atoms with E-state index in [0.29, 0.717) is 11.6 Å². The number of halogens is 4. The molecule has 25 heavy (non-hydrogen) atoms. The summed E-state index contributed by atoms with van der Waals surface area (Å²) in [6.45, 7) is 0. The van der Waals surface area contributed by atoms with Crippen LogP contribution in [0, 0.1) is 11.3 Å². The van der Waals surface area contributed by atoms with Gasteiger partial charge in [-0.25, -0.2) is 0 Å². The van der Waals surface area contributed by atoms with E-state index in [-0.39, 0.29) is 16.4 Å². The van der Waals surface area contributed by atoms with Gasteiger partial charge in [0.15, 0.2) is 0 Å². The molecule has 0 heterocycles. The van der Waals surface area contributed by atoms with Gasteiger partial charge in [0.25, 0.3) is 0 Å². The molecule has 5 nitrogen and oxygen atoms in total. The Morgan fingerprint density at radius 3 is 2.16 bits per heavy atom. The van der Waals surface area contributed by atoms with E-state index in [9.17, 15) is 22.8 Å². The summed E-state index contributed by atoms with van der Waals surface area (Å²) in [5.41, 5.74) is -0.747. The molecule has 2 rings (SSSR count). The maximum atomic E-state index is 12.7. The van der Waals surface area contributed by atoms with Gasteiger partial charge in [0.1, 0.15) is 0 Å². The lowest BCUT2D eigenvalue weighted by Gasteiger charge is -2.11. The molecule has 0 bridgehead atoms. The van der Waals surface area contributed by atoms with E-state index in [4.69, 9.17) is 16.9 Å². The maximum Gasteiger partial charge on any atom is 0.416 e. The van der Waals surface area contributed by atoms with Gasteiger partial charge in [0.2, 0.25) is 0 Å². The van der Waals surface area contributed by atoms with Crippen molar-refractivity contribution in [1.82, 2.24) is 0 Å². The van der Waals surface area contributed by atoms with Crippen LogP contribution in [0.5, 0.6) is 0 Å². The second-order valence-corrected chi connectivity index (χ2v) is 5.20. The third-order valence-electron chi connectivity index (χ3n) is 3.02. The van der Waals surface area contributed by atoms with Crippen molar-refractivity contribution in [3.05, 3.63) is 58.6 Å². The van der Waals surface area contributed by atoms with Crippen LogP contribution >= 0.6 is 11.6 Å². The highest BCUT2D eigenvalue weighted by atomic mass is 35.5. The lowest BCUT2D eigenvalue weighted by Crippen LogP contribution is -2.29. The van der Waals surface area contributed by atoms with Gasteiger partial charge in [-0.2, -0.15) is 18.4 Å². The summed E-state index contributed by atoms with van der Waals surface area (Å²) in [5.74, 6) is -2.29. The van der Waals surface area contributed by atoms with Crippen molar-refractivity contribution in [1.29, 1.82) is 5.26 Å². The molecule has 9 heteroatoms. The number of benzene rings is 2. The predicted octanol–water partition coefficient (Wildman–Crippen LogP) is 3.81. The zero-order valence-corrected chi connectivity index (χ0v) is 13.1. The fraction of sp³-hybridized carbons (Fsp3) is 0.0625. The van der Waals surface area contributed by atoms with E-state index >= 15 is 0 Å². The number of alkyl halides is 3. The van der Waals surface area contributed by atoms with Gasteiger partial charge in [-0.15, -0.1) is 0 Å². The van der Waals surface area contributed by atoms with Gasteiger partial charge in [0.05, 0.1) is 27.9 Å². The van der Waals surface area contributed by atoms with Crippen molar-refractivity contribution in [3.8, 4) is 6.07 Å². The van der Waals surface area contributed by atoms with Crippen LogP contribution in [0.4, 0.5) is 24.5 Å². The average Bonchev–Trinajstić information content (AvgIpc) is 2.56. The number of hydrogen-bond donors (Lipinski definition) is 2. The molecule has 0 spiro atoms. The van der Waals surface area contributed by atoms with Gasteiger partial charge in [-0.3, -0.25) is 9.59 Å². The van der Waals surface area contributed by atoms with Gasteiger partial charge < -0.3 is 10.6 Å². The molecule has 0 atom stereocenters. The number of nitrogens with zero attached hydrogens (tertiary/aromatic N) is 1. The zero-order chi connectivity index (χ0) is 18.6. The van der Waals surface area contributed by atoms with Crippen molar-refractivity contribution in [2.75, 3.05) is 10.6 Å². The van der Waals surface area contributed by atoms with Gasteiger partial charge in [-0.1, -0.05) is 11.6 Å². The zero-order valence-electron chi connectivity index (χ0n) is 12.3. The third kappa shape index (κ3) is 4.71. The normalized spacial score (nSPS) is 10.7. The number of carbonyl (C=O) groups is 2. The Kier molecular flexibility index (Phi) is 5.29. The summed E-state index contributed by atoms with van der Waals surface area (Å²) in [4.78, 5) is 23.6. The van der Waals surface area contributed by atoms with Crippen LogP contribution in [0.3, 0.4) is 0 Å². The van der Waals surface area contributed by atoms with Gasteiger partial charge >= 0.3 is 18.0 Å². The van der Waals surface area contributed by atoms with Crippen molar-refractivity contribution in [2.45, 2.75) is 6.18 Å². The minimum Gasteiger partial charge on any atom is -0.318 e. The smallest absolute Gasteiger partial charge is 0.318 e. The van der Waals surface area contributed by atoms with Crippen LogP contribution in [0.1, 0.15) is 11.1 Å². The Balaban J connectivity index is 2.10. The first-order valence-corrected chi connectivity index (χ1v) is 7.08. The van der Waals surface area contributed by atoms with Crippen LogP contribution in [0.15, 0.2) is 42.5 Å². The monoisotopic (exact) mass is 367 g/mol. The summed E-state index contributed by atoms with van der Waals surface area (Å²) >= 11 is 5.74. The fourth-order valence-corrected chi connectivity index (χ4v) is 1.96. The number of nitriles is 1. The first kappa shape index (κ1) is 18.3. The van der Waals surface area contributed by atoms with Crippen LogP contribution in [-0.4, -0.2) is 11.8 Å². The van der Waals surface area contributed by atoms with Crippen LogP contribution in [-0.2, 0) is 15.8 Å². The molecule has 2 aromatic rings. The minimum atomic E-state index is -4.62. The Morgan fingerprint density at radius 1 is 1.00 bits per heavy atom. The molecular weight excluding hydrogens is 359 g/mol. The Hall–Kier alpha value is -3.05. The second-order valence-electron chi connectivity index (χ2n) is 4.79. The molecule has 2 amide bonds. The largest absolute Gasteiger partial charge is 0.416 e. The molecule has 0 fully saturated rings. The molecule has 2 N–H and O–H groups in total. The van der Waals surface area contributed by atoms with Crippen molar-refractivity contribution < 1.29 is 22.8 Å². The molecule has 0 saturated carbocycles. The summed E-state index contributed by atoms with van der Waals surface area (Å²) < 4.78 is 38.1. The predicted molar refractivity (Wildman–Crippen MR) is 84.9 cm³/mol. The number of amides is 2. The standard InChI is InChI=1S/C16H9ClF3N3O2/c17-12-6-3-10(16(18,19)20)7-13(12)23-15(25)14(24)22-11-4-1-9(8-21)2-5-11/h1-7H,(H,22,24)(H,23,25). The van der Waals surface area contributed by atoms with E-state index in [0.717, 1.165) is 12.1 Å². The van der Waals surface area contributed by atoms with E-state index in [1.54, 1.807) is 0 Å². The lowest BCUT2D eigenvalue weighted by atomic mass is 10.2. The molecule has 0 aliphatic carbocycles. The van der Waals surface area contributed by atoms with Crippen LogP contribution in [0.2, 0.25) is 5.02 Å². The van der Waals surface area contributed by atoms with Gasteiger partial charge in [0, 0.05) is 5.69 Å². The number of nitrogens with one attached hydrogen (secondary N) is 2. The molecule has 0 unspecified atom stereocenters.